The number of unbranched alkanes of at least 4 members (excludes halogenated alkanes) is 2. The number of aliphatic hydroxyl groups excluding tert-OH is 2. The first-order valence-electron chi connectivity index (χ1n) is 22.9. The topological polar surface area (TPSA) is 152 Å². The van der Waals surface area contributed by atoms with Crippen molar-refractivity contribution < 1.29 is 42.4 Å². The number of rotatable bonds is 22. The number of ether oxygens (including phenoxy) is 4. The number of aliphatic hydroxyl groups is 2. The average molecular weight is 873 g/mol. The van der Waals surface area contributed by atoms with Crippen LogP contribution < -0.4 is 9.47 Å². The normalized spacial score (nSPS) is 27.6. The molecule has 13 nitrogen and oxygen atoms in total. The molecule has 1 aromatic heterocycles. The van der Waals surface area contributed by atoms with Gasteiger partial charge in [-0.25, -0.2) is 8.42 Å². The molecular weight excluding hydrogens is 809 g/mol. The van der Waals surface area contributed by atoms with Gasteiger partial charge in [0.2, 0.25) is 22.1 Å². The maximum Gasteiger partial charge on any atom is 0.245 e. The summed E-state index contributed by atoms with van der Waals surface area (Å²) in [6.07, 6.45) is 13.0. The standard InChI is InChI=1S/C48H64N4O9S/c1-3-22-52(62(55,56)42-17-11-14-34-15-12-21-49-47(34)42)43-33-40(50-61-44-18-7-10-29-58-44)38-31-35(13-5-8-26-53)37(16-6-9-27-54)45-39-32-36(57-30-25-51-23-24-51)19-20-41(39)60-48(43,46(38)45)59-28-4-2/h4,11-12,14-15,17,19-21,31-32,35,37,43-46,53-54H,2-3,5-10,13,16,18,22-30,33H2,1H3. The van der Waals surface area contributed by atoms with Gasteiger partial charge in [-0.2, -0.15) is 4.31 Å². The summed E-state index contributed by atoms with van der Waals surface area (Å²) in [5, 5.41) is 25.6. The first-order valence-corrected chi connectivity index (χ1v) is 24.3. The van der Waals surface area contributed by atoms with Crippen molar-refractivity contribution in [1.82, 2.24) is 14.2 Å². The highest BCUT2D eigenvalue weighted by Gasteiger charge is 2.66. The lowest BCUT2D eigenvalue weighted by atomic mass is 9.55. The third kappa shape index (κ3) is 9.34. The van der Waals surface area contributed by atoms with Gasteiger partial charge in [0.05, 0.1) is 36.4 Å². The van der Waals surface area contributed by atoms with Gasteiger partial charge in [-0.15, -0.1) is 6.58 Å². The number of sulfonamides is 1. The Hall–Kier alpha value is -3.89. The number of hydrogen-bond acceptors (Lipinski definition) is 12. The molecule has 3 aliphatic heterocycles. The number of benzene rings is 2. The van der Waals surface area contributed by atoms with Crippen LogP contribution in [0.5, 0.6) is 11.5 Å². The molecule has 1 saturated carbocycles. The van der Waals surface area contributed by atoms with Gasteiger partial charge in [-0.3, -0.25) is 9.88 Å². The second-order valence-corrected chi connectivity index (χ2v) is 19.2. The fraction of sp³-hybridized carbons (Fsp3) is 0.583. The molecule has 336 valence electrons. The Balaban J connectivity index is 1.34. The number of oxime groups is 1. The van der Waals surface area contributed by atoms with Crippen LogP contribution in [0.3, 0.4) is 0 Å². The molecule has 2 aromatic carbocycles. The van der Waals surface area contributed by atoms with Crippen molar-refractivity contribution in [3.8, 4) is 11.5 Å². The smallest absolute Gasteiger partial charge is 0.245 e. The molecule has 8 rings (SSSR count). The zero-order chi connectivity index (χ0) is 43.1. The largest absolute Gasteiger partial charge is 0.492 e. The third-order valence-electron chi connectivity index (χ3n) is 13.3. The minimum atomic E-state index is -4.27. The van der Waals surface area contributed by atoms with Crippen LogP contribution >= 0.6 is 0 Å². The molecule has 0 spiro atoms. The number of aromatic nitrogens is 1. The van der Waals surface area contributed by atoms with Crippen LogP contribution in [0.1, 0.15) is 89.0 Å². The van der Waals surface area contributed by atoms with Gasteiger partial charge in [0.15, 0.2) is 0 Å². The van der Waals surface area contributed by atoms with E-state index >= 15 is 8.42 Å². The van der Waals surface area contributed by atoms with E-state index in [0.717, 1.165) is 80.4 Å². The highest BCUT2D eigenvalue weighted by molar-refractivity contribution is 7.89. The van der Waals surface area contributed by atoms with Crippen LogP contribution in [-0.4, -0.2) is 116 Å². The van der Waals surface area contributed by atoms with E-state index in [9.17, 15) is 10.2 Å². The van der Waals surface area contributed by atoms with Gasteiger partial charge in [-0.1, -0.05) is 55.3 Å². The van der Waals surface area contributed by atoms with Gasteiger partial charge in [-0.05, 0) is 92.7 Å². The van der Waals surface area contributed by atoms with Gasteiger partial charge < -0.3 is 34.0 Å². The molecular formula is C48H64N4O9S. The molecule has 0 amide bonds. The van der Waals surface area contributed by atoms with Crippen molar-refractivity contribution in [2.24, 2.45) is 22.9 Å². The second kappa shape index (κ2) is 20.3. The van der Waals surface area contributed by atoms with E-state index in [1.165, 1.54) is 0 Å². The fourth-order valence-corrected chi connectivity index (χ4v) is 12.2. The second-order valence-electron chi connectivity index (χ2n) is 17.3. The first kappa shape index (κ1) is 44.7. The number of hydrogen-bond donors (Lipinski definition) is 2. The molecule has 5 aliphatic rings. The van der Waals surface area contributed by atoms with Gasteiger partial charge >= 0.3 is 0 Å². The first-order chi connectivity index (χ1) is 30.3. The highest BCUT2D eigenvalue weighted by Crippen LogP contribution is 2.62. The van der Waals surface area contributed by atoms with E-state index in [4.69, 9.17) is 28.9 Å². The molecule has 0 radical (unpaired) electrons. The zero-order valence-electron chi connectivity index (χ0n) is 36.1. The van der Waals surface area contributed by atoms with Gasteiger partial charge in [0, 0.05) is 75.3 Å². The van der Waals surface area contributed by atoms with E-state index < -0.39 is 34.1 Å². The molecule has 2 N–H and O–H groups in total. The van der Waals surface area contributed by atoms with E-state index in [2.05, 4.69) is 28.6 Å². The van der Waals surface area contributed by atoms with Crippen molar-refractivity contribution in [3.63, 3.8) is 0 Å². The van der Waals surface area contributed by atoms with E-state index in [-0.39, 0.29) is 55.4 Å². The van der Waals surface area contributed by atoms with Crippen LogP contribution in [0.4, 0.5) is 0 Å². The Bertz CT molecular complexity index is 2170. The lowest BCUT2D eigenvalue weighted by Gasteiger charge is -2.59. The SMILES string of the molecule is C=CCOC12Oc3ccc(OCCN4CC4)cc3C3C(CCCCO)C(CCCCO)C=C(C(=NOC4CCCCO4)CC1N(CCC)S(=O)(=O)c1cccc4cccnc14)C32. The van der Waals surface area contributed by atoms with Crippen molar-refractivity contribution in [2.75, 3.05) is 59.2 Å². The van der Waals surface area contributed by atoms with E-state index in [0.29, 0.717) is 55.9 Å². The molecule has 62 heavy (non-hydrogen) atoms. The number of fused-ring (bicyclic) bond motifs is 3. The Morgan fingerprint density at radius 3 is 2.65 bits per heavy atom. The summed E-state index contributed by atoms with van der Waals surface area (Å²) in [6, 6.07) is 14.0. The molecule has 4 heterocycles. The predicted octanol–water partition coefficient (Wildman–Crippen LogP) is 7.19. The number of nitrogens with zero attached hydrogens (tertiary/aromatic N) is 4. The molecule has 7 atom stereocenters. The van der Waals surface area contributed by atoms with Crippen LogP contribution in [0.25, 0.3) is 10.9 Å². The monoisotopic (exact) mass is 872 g/mol. The summed E-state index contributed by atoms with van der Waals surface area (Å²) in [5.41, 5.74) is 2.93. The van der Waals surface area contributed by atoms with E-state index in [1.807, 2.05) is 31.2 Å². The molecule has 0 bridgehead atoms. The highest BCUT2D eigenvalue weighted by atomic mass is 32.2. The average Bonchev–Trinajstić information content (AvgIpc) is 4.13. The molecule has 7 unspecified atom stereocenters. The summed E-state index contributed by atoms with van der Waals surface area (Å²) in [5.74, 6) is -0.840. The van der Waals surface area contributed by atoms with Crippen LogP contribution in [0.2, 0.25) is 0 Å². The molecule has 2 saturated heterocycles. The Labute approximate surface area is 366 Å². The number of allylic oxidation sites excluding steroid dienone is 1. The summed E-state index contributed by atoms with van der Waals surface area (Å²) in [4.78, 5) is 13.3. The quantitative estimate of drug-likeness (QED) is 0.0457. The summed E-state index contributed by atoms with van der Waals surface area (Å²) < 4.78 is 59.6. The van der Waals surface area contributed by atoms with Gasteiger partial charge in [0.1, 0.15) is 23.0 Å². The van der Waals surface area contributed by atoms with E-state index in [1.54, 1.807) is 34.8 Å². The number of para-hydroxylation sites is 1. The Morgan fingerprint density at radius 2 is 1.89 bits per heavy atom. The maximum atomic E-state index is 15.5. The summed E-state index contributed by atoms with van der Waals surface area (Å²) >= 11 is 0. The summed E-state index contributed by atoms with van der Waals surface area (Å²) in [7, 11) is -4.27. The molecule has 3 fully saturated rings. The van der Waals surface area contributed by atoms with Crippen LogP contribution in [0.15, 0.2) is 89.1 Å². The van der Waals surface area contributed by atoms with Gasteiger partial charge in [0.25, 0.3) is 0 Å². The minimum absolute atomic E-state index is 0.0391. The maximum absolute atomic E-state index is 15.5. The zero-order valence-corrected chi connectivity index (χ0v) is 36.9. The third-order valence-corrected chi connectivity index (χ3v) is 15.2. The van der Waals surface area contributed by atoms with Crippen LogP contribution in [0, 0.1) is 17.8 Å². The fourth-order valence-electron chi connectivity index (χ4n) is 10.3. The molecule has 14 heteroatoms. The van der Waals surface area contributed by atoms with Crippen molar-refractivity contribution in [1.29, 1.82) is 0 Å². The lowest BCUT2D eigenvalue weighted by molar-refractivity contribution is -0.251. The molecule has 3 aromatic rings. The predicted molar refractivity (Wildman–Crippen MR) is 237 cm³/mol. The van der Waals surface area contributed by atoms with Crippen molar-refractivity contribution >= 4 is 26.6 Å². The van der Waals surface area contributed by atoms with Crippen molar-refractivity contribution in [2.45, 2.75) is 106 Å². The van der Waals surface area contributed by atoms with Crippen LogP contribution in [-0.2, 0) is 24.3 Å². The summed E-state index contributed by atoms with van der Waals surface area (Å²) in [6.45, 7) is 10.7. The Morgan fingerprint density at radius 1 is 1.06 bits per heavy atom. The molecule has 2 aliphatic carbocycles. The number of pyridine rings is 1. The van der Waals surface area contributed by atoms with Crippen molar-refractivity contribution in [3.05, 3.63) is 84.6 Å². The lowest BCUT2D eigenvalue weighted by Crippen LogP contribution is -2.70. The Kier molecular flexibility index (Phi) is 14.6. The minimum Gasteiger partial charge on any atom is -0.492 e.